The van der Waals surface area contributed by atoms with Crippen LogP contribution in [0.3, 0.4) is 0 Å². The van der Waals surface area contributed by atoms with Crippen LogP contribution in [0.15, 0.2) is 28.9 Å². The molecule has 0 bridgehead atoms. The van der Waals surface area contributed by atoms with Crippen molar-refractivity contribution in [2.45, 2.75) is 33.3 Å². The number of fused-ring (bicyclic) bond motifs is 1. The number of carbonyl (C=O) groups excluding carboxylic acids is 1. The van der Waals surface area contributed by atoms with Crippen LogP contribution in [0.1, 0.15) is 26.3 Å². The van der Waals surface area contributed by atoms with Crippen molar-refractivity contribution >= 4 is 16.9 Å². The van der Waals surface area contributed by atoms with E-state index in [0.29, 0.717) is 12.4 Å². The molecule has 102 valence electrons. The lowest BCUT2D eigenvalue weighted by Crippen LogP contribution is -2.12. The summed E-state index contributed by atoms with van der Waals surface area (Å²) < 4.78 is 16.2. The molecule has 4 nitrogen and oxygen atoms in total. The Morgan fingerprint density at radius 2 is 2.11 bits per heavy atom. The number of ether oxygens (including phenoxy) is 2. The van der Waals surface area contributed by atoms with Gasteiger partial charge >= 0.3 is 5.97 Å². The number of rotatable bonds is 5. The highest BCUT2D eigenvalue weighted by Gasteiger charge is 2.15. The molecule has 1 heterocycles. The van der Waals surface area contributed by atoms with Crippen LogP contribution in [-0.2, 0) is 16.0 Å². The Bertz CT molecular complexity index is 569. The third-order valence-electron chi connectivity index (χ3n) is 2.66. The minimum absolute atomic E-state index is 0.0291. The first-order valence-electron chi connectivity index (χ1n) is 6.43. The van der Waals surface area contributed by atoms with Crippen molar-refractivity contribution in [3.63, 3.8) is 0 Å². The second-order valence-electron chi connectivity index (χ2n) is 4.53. The van der Waals surface area contributed by atoms with Crippen molar-refractivity contribution in [1.82, 2.24) is 0 Å². The smallest absolute Gasteiger partial charge is 0.310 e. The molecular formula is C15H18O4. The van der Waals surface area contributed by atoms with Gasteiger partial charge in [0.15, 0.2) is 0 Å². The number of hydrogen-bond donors (Lipinski definition) is 0. The fourth-order valence-electron chi connectivity index (χ4n) is 1.94. The Kier molecular flexibility index (Phi) is 4.10. The Hall–Kier alpha value is -1.97. The van der Waals surface area contributed by atoms with Crippen LogP contribution in [0.4, 0.5) is 0 Å². The van der Waals surface area contributed by atoms with Crippen molar-refractivity contribution in [3.05, 3.63) is 30.0 Å². The maximum atomic E-state index is 11.6. The Morgan fingerprint density at radius 3 is 2.79 bits per heavy atom. The number of esters is 1. The second kappa shape index (κ2) is 5.78. The van der Waals surface area contributed by atoms with Gasteiger partial charge < -0.3 is 13.9 Å². The minimum Gasteiger partial charge on any atom is -0.490 e. The molecule has 1 aromatic heterocycles. The van der Waals surface area contributed by atoms with E-state index < -0.39 is 0 Å². The van der Waals surface area contributed by atoms with Gasteiger partial charge in [0, 0.05) is 5.56 Å². The summed E-state index contributed by atoms with van der Waals surface area (Å²) >= 11 is 0. The van der Waals surface area contributed by atoms with Gasteiger partial charge in [0.2, 0.25) is 0 Å². The van der Waals surface area contributed by atoms with Gasteiger partial charge in [-0.15, -0.1) is 0 Å². The van der Waals surface area contributed by atoms with E-state index in [1.807, 2.05) is 32.0 Å². The molecule has 0 radical (unpaired) electrons. The van der Waals surface area contributed by atoms with Crippen molar-refractivity contribution in [3.8, 4) is 5.75 Å². The van der Waals surface area contributed by atoms with Gasteiger partial charge in [0.1, 0.15) is 11.3 Å². The first-order chi connectivity index (χ1) is 9.11. The normalized spacial score (nSPS) is 10.9. The zero-order valence-electron chi connectivity index (χ0n) is 11.4. The van der Waals surface area contributed by atoms with Crippen LogP contribution in [0.5, 0.6) is 5.75 Å². The fourth-order valence-corrected chi connectivity index (χ4v) is 1.94. The molecule has 19 heavy (non-hydrogen) atoms. The highest BCUT2D eigenvalue weighted by atomic mass is 16.5. The van der Waals surface area contributed by atoms with Crippen LogP contribution in [0, 0.1) is 0 Å². The average molecular weight is 262 g/mol. The number of furan rings is 1. The molecule has 0 amide bonds. The predicted octanol–water partition coefficient (Wildman–Crippen LogP) is 3.33. The highest BCUT2D eigenvalue weighted by Crippen LogP contribution is 2.32. The average Bonchev–Trinajstić information content (AvgIpc) is 2.80. The van der Waals surface area contributed by atoms with Gasteiger partial charge in [0.25, 0.3) is 0 Å². The summed E-state index contributed by atoms with van der Waals surface area (Å²) in [5.41, 5.74) is 1.57. The Balaban J connectivity index is 2.38. The molecular weight excluding hydrogens is 244 g/mol. The quantitative estimate of drug-likeness (QED) is 0.775. The number of hydrogen-bond acceptors (Lipinski definition) is 4. The monoisotopic (exact) mass is 262 g/mol. The summed E-state index contributed by atoms with van der Waals surface area (Å²) in [6.07, 6.45) is 1.85. The van der Waals surface area contributed by atoms with Crippen LogP contribution < -0.4 is 4.74 Å². The maximum Gasteiger partial charge on any atom is 0.310 e. The van der Waals surface area contributed by atoms with Gasteiger partial charge in [-0.3, -0.25) is 4.79 Å². The summed E-state index contributed by atoms with van der Waals surface area (Å²) in [5, 5.41) is 0.885. The number of benzene rings is 1. The fraction of sp³-hybridized carbons (Fsp3) is 0.400. The highest BCUT2D eigenvalue weighted by molar-refractivity contribution is 5.87. The van der Waals surface area contributed by atoms with E-state index in [4.69, 9.17) is 13.9 Å². The zero-order chi connectivity index (χ0) is 13.8. The van der Waals surface area contributed by atoms with Gasteiger partial charge in [-0.25, -0.2) is 0 Å². The third-order valence-corrected chi connectivity index (χ3v) is 2.66. The molecule has 2 rings (SSSR count). The van der Waals surface area contributed by atoms with Gasteiger partial charge in [-0.2, -0.15) is 0 Å². The van der Waals surface area contributed by atoms with E-state index in [2.05, 4.69) is 0 Å². The molecule has 0 N–H and O–H groups in total. The molecule has 0 aliphatic rings. The molecule has 0 saturated heterocycles. The lowest BCUT2D eigenvalue weighted by Gasteiger charge is -2.14. The van der Waals surface area contributed by atoms with Gasteiger partial charge in [-0.05, 0) is 32.9 Å². The Morgan fingerprint density at radius 1 is 1.32 bits per heavy atom. The standard InChI is InChI=1S/C15H18O4/c1-4-17-14(16)9-11-5-6-13-12(7-8-18-13)15(11)19-10(2)3/h5-8,10H,4,9H2,1-3H3. The van der Waals surface area contributed by atoms with Crippen LogP contribution in [-0.4, -0.2) is 18.7 Å². The maximum absolute atomic E-state index is 11.6. The molecule has 1 aromatic carbocycles. The molecule has 0 fully saturated rings. The molecule has 4 heteroatoms. The number of carbonyl (C=O) groups is 1. The summed E-state index contributed by atoms with van der Waals surface area (Å²) in [6.45, 7) is 6.08. The summed E-state index contributed by atoms with van der Waals surface area (Å²) in [5.74, 6) is 0.452. The first kappa shape index (κ1) is 13.5. The topological polar surface area (TPSA) is 48.7 Å². The summed E-state index contributed by atoms with van der Waals surface area (Å²) in [6, 6.07) is 5.54. The largest absolute Gasteiger partial charge is 0.490 e. The van der Waals surface area contributed by atoms with Crippen molar-refractivity contribution in [2.75, 3.05) is 6.61 Å². The molecule has 0 aliphatic heterocycles. The van der Waals surface area contributed by atoms with E-state index in [9.17, 15) is 4.79 Å². The van der Waals surface area contributed by atoms with Gasteiger partial charge in [0.05, 0.1) is 30.8 Å². The molecule has 0 spiro atoms. The second-order valence-corrected chi connectivity index (χ2v) is 4.53. The SMILES string of the molecule is CCOC(=O)Cc1ccc2occc2c1OC(C)C. The predicted molar refractivity (Wildman–Crippen MR) is 72.3 cm³/mol. The molecule has 0 unspecified atom stereocenters. The van der Waals surface area contributed by atoms with E-state index >= 15 is 0 Å². The first-order valence-corrected chi connectivity index (χ1v) is 6.43. The molecule has 0 saturated carbocycles. The summed E-state index contributed by atoms with van der Waals surface area (Å²) in [4.78, 5) is 11.6. The van der Waals surface area contributed by atoms with Crippen molar-refractivity contribution < 1.29 is 18.7 Å². The molecule has 0 aliphatic carbocycles. The van der Waals surface area contributed by atoms with Crippen LogP contribution >= 0.6 is 0 Å². The zero-order valence-corrected chi connectivity index (χ0v) is 11.4. The minimum atomic E-state index is -0.251. The third kappa shape index (κ3) is 3.08. The Labute approximate surface area is 112 Å². The summed E-state index contributed by atoms with van der Waals surface area (Å²) in [7, 11) is 0. The molecule has 0 atom stereocenters. The van der Waals surface area contributed by atoms with E-state index in [-0.39, 0.29) is 18.5 Å². The lowest BCUT2D eigenvalue weighted by atomic mass is 10.1. The van der Waals surface area contributed by atoms with Crippen LogP contribution in [0.2, 0.25) is 0 Å². The van der Waals surface area contributed by atoms with Crippen LogP contribution in [0.25, 0.3) is 11.0 Å². The van der Waals surface area contributed by atoms with Crippen molar-refractivity contribution in [1.29, 1.82) is 0 Å². The lowest BCUT2D eigenvalue weighted by molar-refractivity contribution is -0.142. The molecule has 2 aromatic rings. The van der Waals surface area contributed by atoms with E-state index in [0.717, 1.165) is 16.5 Å². The van der Waals surface area contributed by atoms with E-state index in [1.54, 1.807) is 13.2 Å². The van der Waals surface area contributed by atoms with Crippen molar-refractivity contribution in [2.24, 2.45) is 0 Å². The van der Waals surface area contributed by atoms with Gasteiger partial charge in [-0.1, -0.05) is 6.07 Å². The van der Waals surface area contributed by atoms with E-state index in [1.165, 1.54) is 0 Å².